The van der Waals surface area contributed by atoms with Crippen LogP contribution in [-0.2, 0) is 9.84 Å². The van der Waals surface area contributed by atoms with Gasteiger partial charge in [-0.05, 0) is 54.8 Å². The van der Waals surface area contributed by atoms with Gasteiger partial charge in [-0.3, -0.25) is 0 Å². The Hall–Kier alpha value is -2.27. The Morgan fingerprint density at radius 3 is 2.32 bits per heavy atom. The first-order chi connectivity index (χ1) is 13.6. The minimum Gasteiger partial charge on any atom is -0.490 e. The van der Waals surface area contributed by atoms with Gasteiger partial charge in [0.25, 0.3) is 0 Å². The SMILES string of the molecule is O=S(=O)(c1ccccc1)[C@]1(COc2ccc(C3CCCCC3)cc2)CC=CN1. The minimum absolute atomic E-state index is 0.0556. The van der Waals surface area contributed by atoms with Crippen molar-refractivity contribution in [3.8, 4) is 5.75 Å². The van der Waals surface area contributed by atoms with E-state index in [4.69, 9.17) is 4.74 Å². The van der Waals surface area contributed by atoms with Gasteiger partial charge in [-0.2, -0.15) is 0 Å². The Morgan fingerprint density at radius 2 is 1.68 bits per heavy atom. The van der Waals surface area contributed by atoms with Gasteiger partial charge in [0, 0.05) is 6.42 Å². The molecular weight excluding hydrogens is 370 g/mol. The van der Waals surface area contributed by atoms with Gasteiger partial charge in [-0.1, -0.05) is 55.7 Å². The zero-order valence-electron chi connectivity index (χ0n) is 16.0. The van der Waals surface area contributed by atoms with Crippen LogP contribution in [0.2, 0.25) is 0 Å². The summed E-state index contributed by atoms with van der Waals surface area (Å²) in [7, 11) is -3.59. The molecule has 2 aromatic rings. The van der Waals surface area contributed by atoms with Gasteiger partial charge < -0.3 is 10.1 Å². The number of hydrogen-bond acceptors (Lipinski definition) is 4. The molecule has 1 aliphatic carbocycles. The number of rotatable bonds is 6. The van der Waals surface area contributed by atoms with E-state index in [9.17, 15) is 8.42 Å². The molecule has 0 bridgehead atoms. The standard InChI is InChI=1S/C23H27NO3S/c25-28(26,22-10-5-2-6-11-22)23(16-7-17-24-23)18-27-21-14-12-20(13-15-21)19-8-3-1-4-9-19/h2,5-7,10-15,17,19,24H,1,3-4,8-9,16,18H2/t23-/m0/s1. The summed E-state index contributed by atoms with van der Waals surface area (Å²) in [6, 6.07) is 16.8. The lowest BCUT2D eigenvalue weighted by molar-refractivity contribution is 0.254. The fourth-order valence-electron chi connectivity index (χ4n) is 4.18. The van der Waals surface area contributed by atoms with E-state index in [-0.39, 0.29) is 6.61 Å². The smallest absolute Gasteiger partial charge is 0.205 e. The summed E-state index contributed by atoms with van der Waals surface area (Å²) in [5.41, 5.74) is 1.36. The molecule has 1 saturated carbocycles. The zero-order valence-corrected chi connectivity index (χ0v) is 16.8. The second-order valence-electron chi connectivity index (χ2n) is 7.75. The van der Waals surface area contributed by atoms with Crippen molar-refractivity contribution in [3.63, 3.8) is 0 Å². The molecule has 0 amide bonds. The number of sulfone groups is 1. The van der Waals surface area contributed by atoms with Gasteiger partial charge in [0.05, 0.1) is 4.90 Å². The van der Waals surface area contributed by atoms with Crippen molar-refractivity contribution in [2.24, 2.45) is 0 Å². The fraction of sp³-hybridized carbons (Fsp3) is 0.391. The molecule has 0 aromatic heterocycles. The average molecular weight is 398 g/mol. The number of benzene rings is 2. The monoisotopic (exact) mass is 397 g/mol. The third kappa shape index (κ3) is 3.68. The number of nitrogens with one attached hydrogen (secondary N) is 1. The molecule has 5 heteroatoms. The van der Waals surface area contributed by atoms with Crippen LogP contribution in [-0.4, -0.2) is 19.9 Å². The third-order valence-corrected chi connectivity index (χ3v) is 8.23. The first-order valence-corrected chi connectivity index (χ1v) is 11.5. The first-order valence-electron chi connectivity index (χ1n) is 10.1. The molecule has 2 aromatic carbocycles. The van der Waals surface area contributed by atoms with Crippen molar-refractivity contribution in [2.45, 2.75) is 54.2 Å². The predicted molar refractivity (Wildman–Crippen MR) is 111 cm³/mol. The molecule has 4 nitrogen and oxygen atoms in total. The van der Waals surface area contributed by atoms with E-state index in [1.54, 1.807) is 30.5 Å². The molecule has 1 N–H and O–H groups in total. The Bertz CT molecular complexity index is 906. The van der Waals surface area contributed by atoms with E-state index < -0.39 is 14.7 Å². The summed E-state index contributed by atoms with van der Waals surface area (Å²) < 4.78 is 32.5. The third-order valence-electron chi connectivity index (χ3n) is 5.91. The van der Waals surface area contributed by atoms with E-state index in [0.717, 1.165) is 0 Å². The highest BCUT2D eigenvalue weighted by molar-refractivity contribution is 7.92. The maximum absolute atomic E-state index is 13.3. The van der Waals surface area contributed by atoms with E-state index in [1.807, 2.05) is 24.3 Å². The molecule has 1 fully saturated rings. The summed E-state index contributed by atoms with van der Waals surface area (Å²) in [6.07, 6.45) is 10.4. The van der Waals surface area contributed by atoms with E-state index in [0.29, 0.717) is 23.0 Å². The van der Waals surface area contributed by atoms with E-state index in [2.05, 4.69) is 17.4 Å². The molecule has 0 saturated heterocycles. The molecule has 28 heavy (non-hydrogen) atoms. The van der Waals surface area contributed by atoms with Crippen molar-refractivity contribution in [3.05, 3.63) is 72.4 Å². The van der Waals surface area contributed by atoms with Crippen molar-refractivity contribution in [1.82, 2.24) is 5.32 Å². The Morgan fingerprint density at radius 1 is 0.964 bits per heavy atom. The summed E-state index contributed by atoms with van der Waals surface area (Å²) in [5.74, 6) is 1.35. The predicted octanol–water partition coefficient (Wildman–Crippen LogP) is 4.79. The van der Waals surface area contributed by atoms with Crippen molar-refractivity contribution in [2.75, 3.05) is 6.61 Å². The maximum Gasteiger partial charge on any atom is 0.205 e. The van der Waals surface area contributed by atoms with Gasteiger partial charge in [0.1, 0.15) is 12.4 Å². The molecule has 4 rings (SSSR count). The van der Waals surface area contributed by atoms with Crippen LogP contribution in [0, 0.1) is 0 Å². The summed E-state index contributed by atoms with van der Waals surface area (Å²) >= 11 is 0. The largest absolute Gasteiger partial charge is 0.490 e. The van der Waals surface area contributed by atoms with Crippen LogP contribution in [0.5, 0.6) is 5.75 Å². The highest BCUT2D eigenvalue weighted by atomic mass is 32.2. The highest BCUT2D eigenvalue weighted by Gasteiger charge is 2.46. The van der Waals surface area contributed by atoms with Crippen LogP contribution < -0.4 is 10.1 Å². The second kappa shape index (κ2) is 8.00. The summed E-state index contributed by atoms with van der Waals surface area (Å²) in [5, 5.41) is 3.05. The molecule has 0 spiro atoms. The molecule has 2 aliphatic rings. The van der Waals surface area contributed by atoms with Crippen LogP contribution in [0.25, 0.3) is 0 Å². The zero-order chi connectivity index (χ0) is 19.5. The van der Waals surface area contributed by atoms with E-state index in [1.165, 1.54) is 37.7 Å². The van der Waals surface area contributed by atoms with Gasteiger partial charge in [-0.15, -0.1) is 0 Å². The van der Waals surface area contributed by atoms with Crippen LogP contribution in [0.1, 0.15) is 50.0 Å². The lowest BCUT2D eigenvalue weighted by Crippen LogP contribution is -2.51. The molecular formula is C23H27NO3S. The van der Waals surface area contributed by atoms with Crippen LogP contribution >= 0.6 is 0 Å². The fourth-order valence-corrected chi connectivity index (χ4v) is 5.90. The number of ether oxygens (including phenoxy) is 1. The van der Waals surface area contributed by atoms with E-state index >= 15 is 0 Å². The van der Waals surface area contributed by atoms with Crippen molar-refractivity contribution in [1.29, 1.82) is 0 Å². The van der Waals surface area contributed by atoms with Crippen LogP contribution in [0.4, 0.5) is 0 Å². The van der Waals surface area contributed by atoms with Gasteiger partial charge in [0.15, 0.2) is 4.87 Å². The van der Waals surface area contributed by atoms with Gasteiger partial charge in [-0.25, -0.2) is 8.42 Å². The van der Waals surface area contributed by atoms with Crippen molar-refractivity contribution < 1.29 is 13.2 Å². The van der Waals surface area contributed by atoms with Crippen molar-refractivity contribution >= 4 is 9.84 Å². The maximum atomic E-state index is 13.3. The lowest BCUT2D eigenvalue weighted by Gasteiger charge is -2.30. The summed E-state index contributed by atoms with van der Waals surface area (Å²) in [4.78, 5) is -0.862. The molecule has 1 heterocycles. The average Bonchev–Trinajstić information content (AvgIpc) is 3.25. The van der Waals surface area contributed by atoms with Gasteiger partial charge in [0.2, 0.25) is 9.84 Å². The lowest BCUT2D eigenvalue weighted by atomic mass is 9.84. The molecule has 0 unspecified atom stereocenters. The first kappa shape index (κ1) is 19.1. The topological polar surface area (TPSA) is 55.4 Å². The normalized spacial score (nSPS) is 22.7. The molecule has 148 valence electrons. The summed E-state index contributed by atoms with van der Waals surface area (Å²) in [6.45, 7) is 0.0556. The Kier molecular flexibility index (Phi) is 5.44. The van der Waals surface area contributed by atoms with Crippen LogP contribution in [0.3, 0.4) is 0 Å². The second-order valence-corrected chi connectivity index (χ2v) is 10.0. The molecule has 1 atom stereocenters. The quantitative estimate of drug-likeness (QED) is 0.761. The van der Waals surface area contributed by atoms with Crippen LogP contribution in [0.15, 0.2) is 71.8 Å². The minimum atomic E-state index is -3.59. The Labute approximate surface area is 167 Å². The Balaban J connectivity index is 1.49. The highest BCUT2D eigenvalue weighted by Crippen LogP contribution is 2.34. The molecule has 1 aliphatic heterocycles. The number of hydrogen-bond donors (Lipinski definition) is 1. The van der Waals surface area contributed by atoms with Gasteiger partial charge >= 0.3 is 0 Å². The molecule has 0 radical (unpaired) electrons.